The third-order valence-corrected chi connectivity index (χ3v) is 6.18. The van der Waals surface area contributed by atoms with Crippen LogP contribution in [0.2, 0.25) is 0 Å². The molecule has 0 amide bonds. The number of nitrogen functional groups attached to an aromatic ring is 1. The highest BCUT2D eigenvalue weighted by Gasteiger charge is 2.28. The predicted molar refractivity (Wildman–Crippen MR) is 81.6 cm³/mol. The third kappa shape index (κ3) is 3.60. The normalized spacial score (nSPS) is 13.5. The first kappa shape index (κ1) is 16.2. The molecule has 0 radical (unpaired) electrons. The van der Waals surface area contributed by atoms with Crippen LogP contribution in [-0.4, -0.2) is 31.6 Å². The number of anilines is 2. The molecule has 0 spiro atoms. The fraction of sp³-hybridized carbons (Fsp3) is 0.750. The molecule has 5 nitrogen and oxygen atoms in total. The smallest absolute Gasteiger partial charge is 0.185 e. The van der Waals surface area contributed by atoms with Gasteiger partial charge in [-0.2, -0.15) is 4.37 Å². The Labute approximate surface area is 119 Å². The molecule has 0 aliphatic carbocycles. The van der Waals surface area contributed by atoms with Crippen molar-refractivity contribution in [3.8, 4) is 0 Å². The van der Waals surface area contributed by atoms with E-state index in [1.165, 1.54) is 0 Å². The van der Waals surface area contributed by atoms with Crippen LogP contribution in [0.3, 0.4) is 0 Å². The van der Waals surface area contributed by atoms with Crippen LogP contribution < -0.4 is 10.6 Å². The molecule has 110 valence electrons. The monoisotopic (exact) mass is 305 g/mol. The zero-order valence-corrected chi connectivity index (χ0v) is 13.6. The predicted octanol–water partition coefficient (Wildman–Crippen LogP) is 2.53. The molecule has 1 unspecified atom stereocenters. The summed E-state index contributed by atoms with van der Waals surface area (Å²) in [5, 5.41) is 0.659. The van der Waals surface area contributed by atoms with Gasteiger partial charge in [0, 0.05) is 13.1 Å². The van der Waals surface area contributed by atoms with E-state index in [4.69, 9.17) is 5.73 Å². The van der Waals surface area contributed by atoms with E-state index < -0.39 is 9.84 Å². The molecule has 1 rings (SSSR count). The first-order valence-electron chi connectivity index (χ1n) is 6.55. The molecule has 1 aromatic rings. The van der Waals surface area contributed by atoms with E-state index in [2.05, 4.69) is 18.2 Å². The highest BCUT2D eigenvalue weighted by Crippen LogP contribution is 2.36. The van der Waals surface area contributed by atoms with Crippen LogP contribution in [0.15, 0.2) is 4.90 Å². The van der Waals surface area contributed by atoms with E-state index in [1.807, 2.05) is 18.9 Å². The standard InChI is InChI=1S/C12H23N3O2S2/c1-5-7-9(3)15(4)12-10(11(13)14-18-12)19(16,17)8-6-2/h9H,5-8H2,1-4H3,(H2,13,14). The maximum absolute atomic E-state index is 12.3. The fourth-order valence-electron chi connectivity index (χ4n) is 1.98. The molecule has 0 bridgehead atoms. The Morgan fingerprint density at radius 1 is 1.37 bits per heavy atom. The minimum atomic E-state index is -3.34. The van der Waals surface area contributed by atoms with Crippen molar-refractivity contribution in [2.45, 2.75) is 51.0 Å². The van der Waals surface area contributed by atoms with Crippen LogP contribution >= 0.6 is 11.5 Å². The molecule has 7 heteroatoms. The minimum Gasteiger partial charge on any atom is -0.382 e. The quantitative estimate of drug-likeness (QED) is 0.837. The zero-order chi connectivity index (χ0) is 14.6. The minimum absolute atomic E-state index is 0.110. The topological polar surface area (TPSA) is 76.3 Å². The molecule has 0 aliphatic rings. The van der Waals surface area contributed by atoms with Gasteiger partial charge in [0.05, 0.1) is 5.75 Å². The van der Waals surface area contributed by atoms with Crippen molar-refractivity contribution in [3.05, 3.63) is 0 Å². The number of aromatic nitrogens is 1. The maximum atomic E-state index is 12.3. The summed E-state index contributed by atoms with van der Waals surface area (Å²) >= 11 is 1.16. The maximum Gasteiger partial charge on any atom is 0.185 e. The molecule has 0 fully saturated rings. The molecule has 2 N–H and O–H groups in total. The van der Waals surface area contributed by atoms with Gasteiger partial charge in [-0.25, -0.2) is 8.42 Å². The number of hydrogen-bond donors (Lipinski definition) is 1. The highest BCUT2D eigenvalue weighted by atomic mass is 32.2. The highest BCUT2D eigenvalue weighted by molar-refractivity contribution is 7.91. The third-order valence-electron chi connectivity index (χ3n) is 3.13. The molecule has 1 aromatic heterocycles. The van der Waals surface area contributed by atoms with E-state index in [9.17, 15) is 8.42 Å². The van der Waals surface area contributed by atoms with Crippen LogP contribution in [0.4, 0.5) is 10.8 Å². The molecule has 19 heavy (non-hydrogen) atoms. The van der Waals surface area contributed by atoms with Crippen molar-refractivity contribution in [2.75, 3.05) is 23.4 Å². The summed E-state index contributed by atoms with van der Waals surface area (Å²) < 4.78 is 28.6. The van der Waals surface area contributed by atoms with Gasteiger partial charge in [0.25, 0.3) is 0 Å². The number of nitrogens with zero attached hydrogens (tertiary/aromatic N) is 2. The molecular weight excluding hydrogens is 282 g/mol. The van der Waals surface area contributed by atoms with E-state index >= 15 is 0 Å². The van der Waals surface area contributed by atoms with Crippen molar-refractivity contribution in [1.82, 2.24) is 4.37 Å². The van der Waals surface area contributed by atoms with Crippen LogP contribution in [0.5, 0.6) is 0 Å². The largest absolute Gasteiger partial charge is 0.382 e. The fourth-order valence-corrected chi connectivity index (χ4v) is 4.82. The lowest BCUT2D eigenvalue weighted by Gasteiger charge is -2.25. The second kappa shape index (κ2) is 6.56. The Bertz CT molecular complexity index is 511. The summed E-state index contributed by atoms with van der Waals surface area (Å²) in [4.78, 5) is 2.19. The average Bonchev–Trinajstić information content (AvgIpc) is 2.71. The Kier molecular flexibility index (Phi) is 5.61. The molecule has 1 heterocycles. The van der Waals surface area contributed by atoms with E-state index in [1.54, 1.807) is 0 Å². The van der Waals surface area contributed by atoms with Gasteiger partial charge in [-0.15, -0.1) is 0 Å². The van der Waals surface area contributed by atoms with Crippen LogP contribution in [0.25, 0.3) is 0 Å². The Hall–Kier alpha value is -0.820. The SMILES string of the molecule is CCCC(C)N(C)c1snc(N)c1S(=O)(=O)CCC. The zero-order valence-electron chi connectivity index (χ0n) is 12.0. The van der Waals surface area contributed by atoms with Gasteiger partial charge in [0.15, 0.2) is 15.7 Å². The summed E-state index contributed by atoms with van der Waals surface area (Å²) in [7, 11) is -1.44. The summed E-state index contributed by atoms with van der Waals surface area (Å²) in [5.74, 6) is 0.238. The van der Waals surface area contributed by atoms with Crippen molar-refractivity contribution in [2.24, 2.45) is 0 Å². The van der Waals surface area contributed by atoms with Gasteiger partial charge >= 0.3 is 0 Å². The summed E-state index contributed by atoms with van der Waals surface area (Å²) in [6.07, 6.45) is 2.63. The lowest BCUT2D eigenvalue weighted by atomic mass is 10.2. The van der Waals surface area contributed by atoms with Crippen molar-refractivity contribution in [3.63, 3.8) is 0 Å². The molecule has 0 saturated heterocycles. The van der Waals surface area contributed by atoms with Crippen molar-refractivity contribution in [1.29, 1.82) is 0 Å². The van der Waals surface area contributed by atoms with Crippen molar-refractivity contribution >= 4 is 32.2 Å². The second-order valence-corrected chi connectivity index (χ2v) is 7.57. The molecule has 0 saturated carbocycles. The number of hydrogen-bond acceptors (Lipinski definition) is 6. The van der Waals surface area contributed by atoms with E-state index in [0.717, 1.165) is 24.4 Å². The van der Waals surface area contributed by atoms with Crippen LogP contribution in [0, 0.1) is 0 Å². The van der Waals surface area contributed by atoms with E-state index in [-0.39, 0.29) is 22.5 Å². The van der Waals surface area contributed by atoms with Gasteiger partial charge < -0.3 is 10.6 Å². The first-order valence-corrected chi connectivity index (χ1v) is 8.98. The number of rotatable bonds is 7. The Morgan fingerprint density at radius 3 is 2.53 bits per heavy atom. The summed E-state index contributed by atoms with van der Waals surface area (Å²) in [5.41, 5.74) is 5.76. The number of sulfone groups is 1. The first-order chi connectivity index (χ1) is 8.85. The molecule has 0 aromatic carbocycles. The average molecular weight is 305 g/mol. The molecule has 1 atom stereocenters. The summed E-state index contributed by atoms with van der Waals surface area (Å²) in [6.45, 7) is 6.03. The lowest BCUT2D eigenvalue weighted by molar-refractivity contribution is 0.592. The molecule has 0 aliphatic heterocycles. The van der Waals surface area contributed by atoms with E-state index in [0.29, 0.717) is 11.4 Å². The van der Waals surface area contributed by atoms with Gasteiger partial charge in [-0.05, 0) is 31.3 Å². The Morgan fingerprint density at radius 2 is 2.00 bits per heavy atom. The van der Waals surface area contributed by atoms with Gasteiger partial charge in [-0.1, -0.05) is 20.3 Å². The van der Waals surface area contributed by atoms with Gasteiger partial charge in [-0.3, -0.25) is 0 Å². The lowest BCUT2D eigenvalue weighted by Crippen LogP contribution is -2.29. The molecular formula is C12H23N3O2S2. The second-order valence-electron chi connectivity index (χ2n) is 4.77. The van der Waals surface area contributed by atoms with Gasteiger partial charge in [0.1, 0.15) is 9.90 Å². The Balaban J connectivity index is 3.18. The van der Waals surface area contributed by atoms with Crippen LogP contribution in [-0.2, 0) is 9.84 Å². The number of nitrogens with two attached hydrogens (primary N) is 1. The van der Waals surface area contributed by atoms with Gasteiger partial charge in [0.2, 0.25) is 0 Å². The van der Waals surface area contributed by atoms with Crippen molar-refractivity contribution < 1.29 is 8.42 Å². The van der Waals surface area contributed by atoms with Crippen LogP contribution in [0.1, 0.15) is 40.0 Å². The summed E-state index contributed by atoms with van der Waals surface area (Å²) in [6, 6.07) is 0.264.